The Kier molecular flexibility index (Phi) is 3.16. The second-order valence-electron chi connectivity index (χ2n) is 3.91. The molecular weight excluding hydrogens is 176 g/mol. The van der Waals surface area contributed by atoms with E-state index >= 15 is 0 Å². The third kappa shape index (κ3) is 2.33. The van der Waals surface area contributed by atoms with Crippen LogP contribution >= 0.6 is 0 Å². The predicted octanol–water partition coefficient (Wildman–Crippen LogP) is 0.812. The lowest BCUT2D eigenvalue weighted by atomic mass is 10.1. The topological polar surface area (TPSA) is 52.7 Å². The molecule has 0 amide bonds. The largest absolute Gasteiger partial charge is 0.347 e. The van der Waals surface area contributed by atoms with Crippen molar-refractivity contribution in [3.8, 4) is 0 Å². The average molecular weight is 194 g/mol. The number of aromatic nitrogens is 2. The molecular formula is C10H18N4. The SMILES string of the molecule is CC(NC1CCCNC1)c1ncc[nH]1. The molecule has 1 aliphatic heterocycles. The van der Waals surface area contributed by atoms with Crippen LogP contribution in [0.1, 0.15) is 31.6 Å². The van der Waals surface area contributed by atoms with Gasteiger partial charge in [0.15, 0.2) is 0 Å². The van der Waals surface area contributed by atoms with E-state index in [1.807, 2.05) is 6.20 Å². The maximum atomic E-state index is 4.24. The molecule has 0 radical (unpaired) electrons. The number of aromatic amines is 1. The van der Waals surface area contributed by atoms with Crippen LogP contribution in [0, 0.1) is 0 Å². The highest BCUT2D eigenvalue weighted by atomic mass is 15.1. The molecule has 0 aliphatic carbocycles. The van der Waals surface area contributed by atoms with Gasteiger partial charge in [0.2, 0.25) is 0 Å². The third-order valence-electron chi connectivity index (χ3n) is 2.71. The van der Waals surface area contributed by atoms with Gasteiger partial charge in [-0.2, -0.15) is 0 Å². The van der Waals surface area contributed by atoms with Crippen molar-refractivity contribution < 1.29 is 0 Å². The van der Waals surface area contributed by atoms with Gasteiger partial charge in [0.05, 0.1) is 6.04 Å². The summed E-state index contributed by atoms with van der Waals surface area (Å²) in [7, 11) is 0. The molecule has 1 saturated heterocycles. The van der Waals surface area contributed by atoms with Gasteiger partial charge in [-0.15, -0.1) is 0 Å². The molecule has 2 atom stereocenters. The molecule has 4 heteroatoms. The highest BCUT2D eigenvalue weighted by molar-refractivity contribution is 4.95. The minimum absolute atomic E-state index is 0.315. The lowest BCUT2D eigenvalue weighted by Crippen LogP contribution is -2.44. The molecule has 2 rings (SSSR count). The van der Waals surface area contributed by atoms with Crippen LogP contribution in [0.3, 0.4) is 0 Å². The summed E-state index contributed by atoms with van der Waals surface area (Å²) in [5.74, 6) is 1.02. The van der Waals surface area contributed by atoms with E-state index in [0.29, 0.717) is 12.1 Å². The van der Waals surface area contributed by atoms with Gasteiger partial charge in [0.1, 0.15) is 5.82 Å². The highest BCUT2D eigenvalue weighted by Gasteiger charge is 2.16. The van der Waals surface area contributed by atoms with Crippen LogP contribution in [0.4, 0.5) is 0 Å². The van der Waals surface area contributed by atoms with Gasteiger partial charge in [-0.1, -0.05) is 0 Å². The molecule has 14 heavy (non-hydrogen) atoms. The van der Waals surface area contributed by atoms with Crippen LogP contribution in [0.5, 0.6) is 0 Å². The second-order valence-corrected chi connectivity index (χ2v) is 3.91. The van der Waals surface area contributed by atoms with Crippen LogP contribution in [-0.2, 0) is 0 Å². The van der Waals surface area contributed by atoms with Crippen molar-refractivity contribution in [3.63, 3.8) is 0 Å². The van der Waals surface area contributed by atoms with Gasteiger partial charge in [-0.05, 0) is 26.3 Å². The first kappa shape index (κ1) is 9.68. The van der Waals surface area contributed by atoms with Crippen LogP contribution in [0.2, 0.25) is 0 Å². The van der Waals surface area contributed by atoms with E-state index in [1.54, 1.807) is 6.20 Å². The molecule has 2 heterocycles. The van der Waals surface area contributed by atoms with Gasteiger partial charge < -0.3 is 15.6 Å². The Morgan fingerprint density at radius 1 is 1.64 bits per heavy atom. The van der Waals surface area contributed by atoms with Crippen LogP contribution in [-0.4, -0.2) is 29.1 Å². The van der Waals surface area contributed by atoms with E-state index in [0.717, 1.165) is 18.9 Å². The lowest BCUT2D eigenvalue weighted by molar-refractivity contribution is 0.357. The fraction of sp³-hybridized carbons (Fsp3) is 0.700. The van der Waals surface area contributed by atoms with Crippen molar-refractivity contribution in [2.75, 3.05) is 13.1 Å². The van der Waals surface area contributed by atoms with E-state index in [4.69, 9.17) is 0 Å². The van der Waals surface area contributed by atoms with Crippen molar-refractivity contribution in [1.82, 2.24) is 20.6 Å². The molecule has 0 aromatic carbocycles. The van der Waals surface area contributed by atoms with Crippen LogP contribution in [0.25, 0.3) is 0 Å². The van der Waals surface area contributed by atoms with E-state index in [1.165, 1.54) is 12.8 Å². The maximum absolute atomic E-state index is 4.24. The molecule has 1 fully saturated rings. The Hall–Kier alpha value is -0.870. The molecule has 0 spiro atoms. The number of nitrogens with zero attached hydrogens (tertiary/aromatic N) is 1. The molecule has 2 unspecified atom stereocenters. The van der Waals surface area contributed by atoms with Crippen molar-refractivity contribution in [2.24, 2.45) is 0 Å². The quantitative estimate of drug-likeness (QED) is 0.667. The monoisotopic (exact) mass is 194 g/mol. The van der Waals surface area contributed by atoms with Crippen LogP contribution in [0.15, 0.2) is 12.4 Å². The predicted molar refractivity (Wildman–Crippen MR) is 56.0 cm³/mol. The minimum atomic E-state index is 0.315. The second kappa shape index (κ2) is 4.57. The number of hydrogen-bond acceptors (Lipinski definition) is 3. The van der Waals surface area contributed by atoms with Gasteiger partial charge in [-0.25, -0.2) is 4.98 Å². The Balaban J connectivity index is 1.84. The summed E-state index contributed by atoms with van der Waals surface area (Å²) in [6.07, 6.45) is 6.19. The molecule has 0 saturated carbocycles. The third-order valence-corrected chi connectivity index (χ3v) is 2.71. The summed E-state index contributed by atoms with van der Waals surface area (Å²) in [6.45, 7) is 4.38. The van der Waals surface area contributed by atoms with E-state index in [-0.39, 0.29) is 0 Å². The number of piperidine rings is 1. The minimum Gasteiger partial charge on any atom is -0.347 e. The summed E-state index contributed by atoms with van der Waals surface area (Å²) in [4.78, 5) is 7.38. The van der Waals surface area contributed by atoms with E-state index < -0.39 is 0 Å². The van der Waals surface area contributed by atoms with Gasteiger partial charge >= 0.3 is 0 Å². The first-order valence-electron chi connectivity index (χ1n) is 5.32. The molecule has 3 N–H and O–H groups in total. The summed E-state index contributed by atoms with van der Waals surface area (Å²) in [6, 6.07) is 0.902. The zero-order valence-electron chi connectivity index (χ0n) is 8.59. The molecule has 1 aromatic rings. The summed E-state index contributed by atoms with van der Waals surface area (Å²) in [5, 5.41) is 6.96. The molecule has 78 valence electrons. The zero-order chi connectivity index (χ0) is 9.80. The number of rotatable bonds is 3. The molecule has 4 nitrogen and oxygen atoms in total. The highest BCUT2D eigenvalue weighted by Crippen LogP contribution is 2.10. The first-order valence-corrected chi connectivity index (χ1v) is 5.32. The van der Waals surface area contributed by atoms with Crippen molar-refractivity contribution in [1.29, 1.82) is 0 Å². The smallest absolute Gasteiger partial charge is 0.122 e. The van der Waals surface area contributed by atoms with Gasteiger partial charge in [0.25, 0.3) is 0 Å². The van der Waals surface area contributed by atoms with Crippen molar-refractivity contribution >= 4 is 0 Å². The number of hydrogen-bond donors (Lipinski definition) is 3. The average Bonchev–Trinajstić information content (AvgIpc) is 2.72. The van der Waals surface area contributed by atoms with Gasteiger partial charge in [-0.3, -0.25) is 0 Å². The Morgan fingerprint density at radius 2 is 2.57 bits per heavy atom. The van der Waals surface area contributed by atoms with Crippen LogP contribution < -0.4 is 10.6 Å². The first-order chi connectivity index (χ1) is 6.86. The van der Waals surface area contributed by atoms with Gasteiger partial charge in [0, 0.05) is 25.0 Å². The summed E-state index contributed by atoms with van der Waals surface area (Å²) in [5.41, 5.74) is 0. The number of imidazole rings is 1. The van der Waals surface area contributed by atoms with Crippen molar-refractivity contribution in [2.45, 2.75) is 31.8 Å². The normalized spacial score (nSPS) is 24.8. The number of H-pyrrole nitrogens is 1. The molecule has 1 aliphatic rings. The molecule has 1 aromatic heterocycles. The Morgan fingerprint density at radius 3 is 3.21 bits per heavy atom. The standard InChI is InChI=1S/C10H18N4/c1-8(10-12-5-6-13-10)14-9-3-2-4-11-7-9/h5-6,8-9,11,14H,2-4,7H2,1H3,(H,12,13). The van der Waals surface area contributed by atoms with E-state index in [9.17, 15) is 0 Å². The van der Waals surface area contributed by atoms with Crippen molar-refractivity contribution in [3.05, 3.63) is 18.2 Å². The zero-order valence-corrected chi connectivity index (χ0v) is 8.59. The Bertz CT molecular complexity index is 251. The Labute approximate surface area is 84.5 Å². The van der Waals surface area contributed by atoms with E-state index in [2.05, 4.69) is 27.5 Å². The number of nitrogens with one attached hydrogen (secondary N) is 3. The maximum Gasteiger partial charge on any atom is 0.122 e. The fourth-order valence-corrected chi connectivity index (χ4v) is 1.94. The summed E-state index contributed by atoms with van der Waals surface area (Å²) < 4.78 is 0. The molecule has 0 bridgehead atoms. The lowest BCUT2D eigenvalue weighted by Gasteiger charge is -2.26. The fourth-order valence-electron chi connectivity index (χ4n) is 1.94. The summed E-state index contributed by atoms with van der Waals surface area (Å²) >= 11 is 0.